The van der Waals surface area contributed by atoms with Crippen molar-refractivity contribution in [2.75, 3.05) is 25.0 Å². The smallest absolute Gasteiger partial charge is 0.372 e. The van der Waals surface area contributed by atoms with Gasteiger partial charge in [-0.25, -0.2) is 9.97 Å². The average Bonchev–Trinajstić information content (AvgIpc) is 3.17. The number of morpholine rings is 1. The number of hydrogen-bond donors (Lipinski definition) is 2. The van der Waals surface area contributed by atoms with Crippen molar-refractivity contribution in [2.24, 2.45) is 4.99 Å². The molecule has 2 atom stereocenters. The summed E-state index contributed by atoms with van der Waals surface area (Å²) >= 11 is 0.959. The standard InChI is InChI=1S/C19H25F3N6OS/c1-12-9-28(10-13(2)29-12)16-5-4-14(6-24-16)7-25-18(23-3)26-8-17-27-15(11-30-17)19(20,21)22/h4-6,11-13H,7-10H2,1-3H3,(H2,23,25,26). The van der Waals surface area contributed by atoms with Gasteiger partial charge in [0.05, 0.1) is 18.8 Å². The number of guanidine groups is 1. The fraction of sp³-hybridized carbons (Fsp3) is 0.526. The quantitative estimate of drug-likeness (QED) is 0.548. The molecule has 164 valence electrons. The maximum absolute atomic E-state index is 12.6. The molecule has 2 N–H and O–H groups in total. The number of nitrogens with zero attached hydrogens (tertiary/aromatic N) is 4. The van der Waals surface area contributed by atoms with E-state index in [1.54, 1.807) is 13.2 Å². The highest BCUT2D eigenvalue weighted by molar-refractivity contribution is 7.09. The molecule has 1 aliphatic rings. The number of nitrogens with one attached hydrogen (secondary N) is 2. The van der Waals surface area contributed by atoms with Gasteiger partial charge < -0.3 is 20.3 Å². The van der Waals surface area contributed by atoms with Crippen LogP contribution in [0.1, 0.15) is 30.1 Å². The molecule has 0 radical (unpaired) electrons. The minimum absolute atomic E-state index is 0.158. The van der Waals surface area contributed by atoms with Crippen LogP contribution in [-0.2, 0) is 24.0 Å². The molecule has 0 bridgehead atoms. The summed E-state index contributed by atoms with van der Waals surface area (Å²) < 4.78 is 43.7. The maximum atomic E-state index is 12.6. The third-order valence-electron chi connectivity index (χ3n) is 4.49. The number of anilines is 1. The molecule has 2 unspecified atom stereocenters. The van der Waals surface area contributed by atoms with Crippen molar-refractivity contribution in [3.8, 4) is 0 Å². The van der Waals surface area contributed by atoms with Crippen molar-refractivity contribution >= 4 is 23.1 Å². The first-order valence-electron chi connectivity index (χ1n) is 9.56. The molecule has 0 aromatic carbocycles. The normalized spacial score (nSPS) is 20.3. The number of thiazole rings is 1. The molecule has 1 saturated heterocycles. The van der Waals surface area contributed by atoms with Crippen LogP contribution in [0.3, 0.4) is 0 Å². The highest BCUT2D eigenvalue weighted by Gasteiger charge is 2.33. The Morgan fingerprint density at radius 1 is 1.23 bits per heavy atom. The van der Waals surface area contributed by atoms with Gasteiger partial charge in [0.1, 0.15) is 10.8 Å². The van der Waals surface area contributed by atoms with Gasteiger partial charge in [-0.3, -0.25) is 4.99 Å². The van der Waals surface area contributed by atoms with Crippen LogP contribution in [0.2, 0.25) is 0 Å². The summed E-state index contributed by atoms with van der Waals surface area (Å²) in [5.41, 5.74) is 0.0899. The Kier molecular flexibility index (Phi) is 7.14. The second-order valence-electron chi connectivity index (χ2n) is 7.09. The van der Waals surface area contributed by atoms with Crippen LogP contribution in [0.4, 0.5) is 19.0 Å². The Morgan fingerprint density at radius 3 is 2.50 bits per heavy atom. The van der Waals surface area contributed by atoms with Crippen molar-refractivity contribution in [1.29, 1.82) is 0 Å². The molecule has 11 heteroatoms. The summed E-state index contributed by atoms with van der Waals surface area (Å²) in [5, 5.41) is 7.44. The number of aliphatic imine (C=N–C) groups is 1. The van der Waals surface area contributed by atoms with Gasteiger partial charge in [-0.05, 0) is 25.5 Å². The summed E-state index contributed by atoms with van der Waals surface area (Å²) in [4.78, 5) is 14.4. The molecule has 0 saturated carbocycles. The number of ether oxygens (including phenoxy) is 1. The van der Waals surface area contributed by atoms with E-state index in [2.05, 4.69) is 44.3 Å². The number of hydrogen-bond acceptors (Lipinski definition) is 6. The topological polar surface area (TPSA) is 74.7 Å². The fourth-order valence-corrected chi connectivity index (χ4v) is 3.90. The molecule has 3 rings (SSSR count). The zero-order chi connectivity index (χ0) is 21.7. The van der Waals surface area contributed by atoms with Gasteiger partial charge in [-0.2, -0.15) is 13.2 Å². The van der Waals surface area contributed by atoms with E-state index in [9.17, 15) is 13.2 Å². The zero-order valence-electron chi connectivity index (χ0n) is 17.0. The molecule has 0 spiro atoms. The molecule has 3 heterocycles. The number of pyridine rings is 1. The predicted octanol–water partition coefficient (Wildman–Crippen LogP) is 3.04. The van der Waals surface area contributed by atoms with Gasteiger partial charge >= 0.3 is 6.18 Å². The lowest BCUT2D eigenvalue weighted by molar-refractivity contribution is -0.140. The Bertz CT molecular complexity index is 845. The van der Waals surface area contributed by atoms with Gasteiger partial charge in [-0.15, -0.1) is 11.3 Å². The Morgan fingerprint density at radius 2 is 1.93 bits per heavy atom. The van der Waals surface area contributed by atoms with E-state index in [-0.39, 0.29) is 18.8 Å². The summed E-state index contributed by atoms with van der Waals surface area (Å²) in [6, 6.07) is 3.97. The lowest BCUT2D eigenvalue weighted by Crippen LogP contribution is -2.45. The lowest BCUT2D eigenvalue weighted by Gasteiger charge is -2.36. The Labute approximate surface area is 177 Å². The van der Waals surface area contributed by atoms with Crippen molar-refractivity contribution < 1.29 is 17.9 Å². The maximum Gasteiger partial charge on any atom is 0.434 e. The van der Waals surface area contributed by atoms with Crippen LogP contribution in [-0.4, -0.2) is 48.3 Å². The lowest BCUT2D eigenvalue weighted by atomic mass is 10.2. The Balaban J connectivity index is 1.49. The minimum atomic E-state index is -4.43. The summed E-state index contributed by atoms with van der Waals surface area (Å²) in [6.07, 6.45) is -2.30. The molecule has 0 aliphatic carbocycles. The van der Waals surface area contributed by atoms with Crippen LogP contribution in [0, 0.1) is 0 Å². The van der Waals surface area contributed by atoms with Crippen LogP contribution < -0.4 is 15.5 Å². The van der Waals surface area contributed by atoms with E-state index in [4.69, 9.17) is 4.74 Å². The van der Waals surface area contributed by atoms with Crippen molar-refractivity contribution in [2.45, 2.75) is 45.3 Å². The molecule has 2 aromatic rings. The van der Waals surface area contributed by atoms with E-state index in [0.717, 1.165) is 41.2 Å². The van der Waals surface area contributed by atoms with E-state index < -0.39 is 11.9 Å². The van der Waals surface area contributed by atoms with E-state index in [0.29, 0.717) is 17.5 Å². The summed E-state index contributed by atoms with van der Waals surface area (Å²) in [5.74, 6) is 1.38. The summed E-state index contributed by atoms with van der Waals surface area (Å²) in [7, 11) is 1.60. The molecule has 30 heavy (non-hydrogen) atoms. The first-order valence-corrected chi connectivity index (χ1v) is 10.4. The molecular weight excluding hydrogens is 417 g/mol. The molecule has 2 aromatic heterocycles. The van der Waals surface area contributed by atoms with Crippen LogP contribution in [0.15, 0.2) is 28.7 Å². The van der Waals surface area contributed by atoms with Crippen LogP contribution >= 0.6 is 11.3 Å². The second kappa shape index (κ2) is 9.61. The molecule has 1 fully saturated rings. The van der Waals surface area contributed by atoms with Gasteiger partial charge in [0.2, 0.25) is 0 Å². The first-order chi connectivity index (χ1) is 14.2. The zero-order valence-corrected chi connectivity index (χ0v) is 17.8. The summed E-state index contributed by atoms with van der Waals surface area (Å²) in [6.45, 7) is 6.35. The van der Waals surface area contributed by atoms with Gasteiger partial charge in [0.15, 0.2) is 11.7 Å². The van der Waals surface area contributed by atoms with Crippen LogP contribution in [0.5, 0.6) is 0 Å². The third kappa shape index (κ3) is 6.05. The van der Waals surface area contributed by atoms with E-state index in [1.807, 2.05) is 12.1 Å². The van der Waals surface area contributed by atoms with Gasteiger partial charge in [-0.1, -0.05) is 6.07 Å². The first kappa shape index (κ1) is 22.3. The van der Waals surface area contributed by atoms with Crippen molar-refractivity contribution in [1.82, 2.24) is 20.6 Å². The monoisotopic (exact) mass is 442 g/mol. The molecular formula is C19H25F3N6OS. The molecule has 7 nitrogen and oxygen atoms in total. The van der Waals surface area contributed by atoms with Crippen molar-refractivity contribution in [3.05, 3.63) is 40.0 Å². The molecule has 0 amide bonds. The van der Waals surface area contributed by atoms with Gasteiger partial charge in [0, 0.05) is 38.3 Å². The van der Waals surface area contributed by atoms with Gasteiger partial charge in [0.25, 0.3) is 0 Å². The van der Waals surface area contributed by atoms with E-state index in [1.165, 1.54) is 0 Å². The number of halogens is 3. The highest BCUT2D eigenvalue weighted by atomic mass is 32.1. The Hall–Kier alpha value is -2.40. The highest BCUT2D eigenvalue weighted by Crippen LogP contribution is 2.29. The average molecular weight is 443 g/mol. The van der Waals surface area contributed by atoms with E-state index >= 15 is 0 Å². The largest absolute Gasteiger partial charge is 0.434 e. The number of aromatic nitrogens is 2. The fourth-order valence-electron chi connectivity index (χ4n) is 3.16. The third-order valence-corrected chi connectivity index (χ3v) is 5.33. The second-order valence-corrected chi connectivity index (χ2v) is 8.03. The van der Waals surface area contributed by atoms with Crippen LogP contribution in [0.25, 0.3) is 0 Å². The van der Waals surface area contributed by atoms with Crippen molar-refractivity contribution in [3.63, 3.8) is 0 Å². The minimum Gasteiger partial charge on any atom is -0.372 e. The SMILES string of the molecule is CN=C(NCc1ccc(N2CC(C)OC(C)C2)nc1)NCc1nc(C(F)(F)F)cs1. The number of alkyl halides is 3. The molecule has 1 aliphatic heterocycles. The predicted molar refractivity (Wildman–Crippen MR) is 111 cm³/mol. The number of rotatable bonds is 5.